The molecule has 0 saturated heterocycles. The molecule has 5 rings (SSSR count). The number of rotatable bonds is 7. The highest BCUT2D eigenvalue weighted by Gasteiger charge is 2.20. The third-order valence-corrected chi connectivity index (χ3v) is 7.66. The second kappa shape index (κ2) is 10.5. The van der Waals surface area contributed by atoms with E-state index in [-0.39, 0.29) is 5.91 Å². The smallest absolute Gasteiger partial charge is 0.230 e. The molecule has 8 heteroatoms. The Bertz CT molecular complexity index is 1500. The lowest BCUT2D eigenvalue weighted by Gasteiger charge is -2.17. The molecule has 0 N–H and O–H groups in total. The average Bonchev–Trinajstić information content (AvgIpc) is 3.53. The van der Waals surface area contributed by atoms with Crippen molar-refractivity contribution in [2.24, 2.45) is 0 Å². The van der Waals surface area contributed by atoms with E-state index in [1.54, 1.807) is 23.6 Å². The second-order valence-electron chi connectivity index (χ2n) is 8.38. The number of nitrogens with zero attached hydrogens (tertiary/aromatic N) is 5. The van der Waals surface area contributed by atoms with Gasteiger partial charge in [-0.1, -0.05) is 66.4 Å². The van der Waals surface area contributed by atoms with Gasteiger partial charge in [0.05, 0.1) is 17.1 Å². The highest BCUT2D eigenvalue weighted by Crippen LogP contribution is 2.33. The Morgan fingerprint density at radius 1 is 0.944 bits per heavy atom. The fourth-order valence-electron chi connectivity index (χ4n) is 3.84. The molecule has 0 fully saturated rings. The van der Waals surface area contributed by atoms with Crippen molar-refractivity contribution in [2.75, 3.05) is 4.90 Å². The number of aryl methyl sites for hydroxylation is 2. The summed E-state index contributed by atoms with van der Waals surface area (Å²) in [7, 11) is 0. The SMILES string of the molecule is CC(=O)N(c1ccccc1)c1nc(CSc2nnc(-c3ccccc3)n2-c2ccc(C)c(C)c2)cs1. The van der Waals surface area contributed by atoms with Crippen LogP contribution in [0.25, 0.3) is 17.1 Å². The first-order chi connectivity index (χ1) is 17.5. The molecule has 0 atom stereocenters. The van der Waals surface area contributed by atoms with Gasteiger partial charge in [-0.3, -0.25) is 14.3 Å². The van der Waals surface area contributed by atoms with Gasteiger partial charge in [-0.25, -0.2) is 4.98 Å². The Balaban J connectivity index is 1.45. The molecule has 1 amide bonds. The Hall–Kier alpha value is -3.75. The Labute approximate surface area is 218 Å². The first-order valence-corrected chi connectivity index (χ1v) is 13.4. The lowest BCUT2D eigenvalue weighted by atomic mass is 10.1. The maximum absolute atomic E-state index is 12.4. The maximum atomic E-state index is 12.4. The van der Waals surface area contributed by atoms with E-state index in [4.69, 9.17) is 4.98 Å². The Kier molecular flexibility index (Phi) is 6.97. The molecule has 3 aromatic carbocycles. The predicted molar refractivity (Wildman–Crippen MR) is 147 cm³/mol. The monoisotopic (exact) mass is 511 g/mol. The second-order valence-corrected chi connectivity index (χ2v) is 10.2. The fraction of sp³-hybridized carbons (Fsp3) is 0.143. The summed E-state index contributed by atoms with van der Waals surface area (Å²) in [5, 5.41) is 12.5. The molecular formula is C28H25N5OS2. The zero-order valence-corrected chi connectivity index (χ0v) is 21.9. The number of hydrogen-bond donors (Lipinski definition) is 0. The van der Waals surface area contributed by atoms with E-state index in [1.165, 1.54) is 22.5 Å². The van der Waals surface area contributed by atoms with Gasteiger partial charge in [0, 0.05) is 23.6 Å². The van der Waals surface area contributed by atoms with Gasteiger partial charge in [0.15, 0.2) is 16.1 Å². The molecule has 36 heavy (non-hydrogen) atoms. The standard InChI is InChI=1S/C28H25N5OS2/c1-19-14-15-25(16-20(19)2)33-26(22-10-6-4-7-11-22)30-31-28(33)36-18-23-17-35-27(29-23)32(21(3)34)24-12-8-5-9-13-24/h4-17H,18H2,1-3H3. The van der Waals surface area contributed by atoms with Crippen LogP contribution in [-0.4, -0.2) is 25.7 Å². The lowest BCUT2D eigenvalue weighted by molar-refractivity contribution is -0.115. The Morgan fingerprint density at radius 2 is 1.67 bits per heavy atom. The normalized spacial score (nSPS) is 11.0. The largest absolute Gasteiger partial charge is 0.274 e. The minimum Gasteiger partial charge on any atom is -0.274 e. The molecule has 0 aliphatic rings. The summed E-state index contributed by atoms with van der Waals surface area (Å²) < 4.78 is 2.10. The molecule has 0 saturated carbocycles. The summed E-state index contributed by atoms with van der Waals surface area (Å²) in [5.41, 5.74) is 6.18. The van der Waals surface area contributed by atoms with Gasteiger partial charge < -0.3 is 0 Å². The highest BCUT2D eigenvalue weighted by atomic mass is 32.2. The third kappa shape index (κ3) is 4.96. The van der Waals surface area contributed by atoms with Crippen molar-refractivity contribution < 1.29 is 4.79 Å². The van der Waals surface area contributed by atoms with Crippen LogP contribution < -0.4 is 4.90 Å². The van der Waals surface area contributed by atoms with Crippen LogP contribution in [0.15, 0.2) is 89.4 Å². The number of benzene rings is 3. The first-order valence-electron chi connectivity index (χ1n) is 11.5. The number of amides is 1. The topological polar surface area (TPSA) is 63.9 Å². The van der Waals surface area contributed by atoms with Gasteiger partial charge in [-0.15, -0.1) is 21.5 Å². The van der Waals surface area contributed by atoms with Crippen LogP contribution in [0.5, 0.6) is 0 Å². The van der Waals surface area contributed by atoms with Gasteiger partial charge in [-0.05, 0) is 49.2 Å². The van der Waals surface area contributed by atoms with Crippen molar-refractivity contribution in [2.45, 2.75) is 31.7 Å². The van der Waals surface area contributed by atoms with Crippen molar-refractivity contribution in [3.8, 4) is 17.1 Å². The van der Waals surface area contributed by atoms with E-state index in [9.17, 15) is 4.79 Å². The molecule has 0 spiro atoms. The molecule has 0 aliphatic heterocycles. The number of thiazole rings is 1. The number of carbonyl (C=O) groups is 1. The number of carbonyl (C=O) groups excluding carboxylic acids is 1. The molecular weight excluding hydrogens is 486 g/mol. The van der Waals surface area contributed by atoms with Gasteiger partial charge in [0.1, 0.15) is 0 Å². The summed E-state index contributed by atoms with van der Waals surface area (Å²) in [6.07, 6.45) is 0. The highest BCUT2D eigenvalue weighted by molar-refractivity contribution is 7.98. The molecule has 6 nitrogen and oxygen atoms in total. The summed E-state index contributed by atoms with van der Waals surface area (Å²) in [4.78, 5) is 18.8. The van der Waals surface area contributed by atoms with E-state index in [2.05, 4.69) is 46.8 Å². The van der Waals surface area contributed by atoms with Crippen LogP contribution in [-0.2, 0) is 10.5 Å². The minimum absolute atomic E-state index is 0.0725. The molecule has 0 aliphatic carbocycles. The van der Waals surface area contributed by atoms with E-state index >= 15 is 0 Å². The number of anilines is 2. The van der Waals surface area contributed by atoms with Gasteiger partial charge in [-0.2, -0.15) is 0 Å². The number of thioether (sulfide) groups is 1. The van der Waals surface area contributed by atoms with Crippen LogP contribution >= 0.6 is 23.1 Å². The third-order valence-electron chi connectivity index (χ3n) is 5.82. The molecule has 2 heterocycles. The Morgan fingerprint density at radius 3 is 2.36 bits per heavy atom. The maximum Gasteiger partial charge on any atom is 0.230 e. The van der Waals surface area contributed by atoms with Crippen molar-refractivity contribution in [3.63, 3.8) is 0 Å². The average molecular weight is 512 g/mol. The van der Waals surface area contributed by atoms with Crippen molar-refractivity contribution in [1.29, 1.82) is 0 Å². The van der Waals surface area contributed by atoms with Gasteiger partial charge in [0.25, 0.3) is 0 Å². The zero-order valence-electron chi connectivity index (χ0n) is 20.3. The first kappa shape index (κ1) is 24.0. The van der Waals surface area contributed by atoms with Gasteiger partial charge in [0.2, 0.25) is 5.91 Å². The van der Waals surface area contributed by atoms with E-state index in [0.717, 1.165) is 33.6 Å². The zero-order chi connectivity index (χ0) is 25.1. The molecule has 0 unspecified atom stereocenters. The molecule has 0 bridgehead atoms. The predicted octanol–water partition coefficient (Wildman–Crippen LogP) is 6.98. The number of aromatic nitrogens is 4. The molecule has 5 aromatic rings. The van der Waals surface area contributed by atoms with E-state index in [0.29, 0.717) is 10.9 Å². The summed E-state index contributed by atoms with van der Waals surface area (Å²) in [5.74, 6) is 1.33. The quantitative estimate of drug-likeness (QED) is 0.221. The van der Waals surface area contributed by atoms with Crippen molar-refractivity contribution >= 4 is 39.8 Å². The van der Waals surface area contributed by atoms with Crippen LogP contribution in [0.2, 0.25) is 0 Å². The number of para-hydroxylation sites is 1. The summed E-state index contributed by atoms with van der Waals surface area (Å²) in [6, 6.07) is 26.1. The van der Waals surface area contributed by atoms with E-state index in [1.807, 2.05) is 66.0 Å². The van der Waals surface area contributed by atoms with E-state index < -0.39 is 0 Å². The fourth-order valence-corrected chi connectivity index (χ4v) is 5.68. The lowest BCUT2D eigenvalue weighted by Crippen LogP contribution is -2.22. The summed E-state index contributed by atoms with van der Waals surface area (Å²) >= 11 is 3.04. The van der Waals surface area contributed by atoms with Crippen molar-refractivity contribution in [1.82, 2.24) is 19.7 Å². The minimum atomic E-state index is -0.0725. The molecule has 0 radical (unpaired) electrons. The summed E-state index contributed by atoms with van der Waals surface area (Å²) in [6.45, 7) is 5.78. The van der Waals surface area contributed by atoms with Crippen LogP contribution in [0.4, 0.5) is 10.8 Å². The van der Waals surface area contributed by atoms with Gasteiger partial charge >= 0.3 is 0 Å². The number of hydrogen-bond acceptors (Lipinski definition) is 6. The van der Waals surface area contributed by atoms with Crippen LogP contribution in [0.3, 0.4) is 0 Å². The van der Waals surface area contributed by atoms with Crippen molar-refractivity contribution in [3.05, 3.63) is 101 Å². The molecule has 2 aromatic heterocycles. The van der Waals surface area contributed by atoms with Crippen LogP contribution in [0.1, 0.15) is 23.7 Å². The van der Waals surface area contributed by atoms with Crippen LogP contribution in [0, 0.1) is 13.8 Å². The molecule has 180 valence electrons.